The zero-order chi connectivity index (χ0) is 24.0. The van der Waals surface area contributed by atoms with Crippen molar-refractivity contribution in [1.29, 1.82) is 0 Å². The summed E-state index contributed by atoms with van der Waals surface area (Å²) in [4.78, 5) is 26.1. The molecular weight excluding hydrogens is 443 g/mol. The third-order valence-corrected chi connectivity index (χ3v) is 5.20. The Hall–Kier alpha value is -2.58. The predicted octanol–water partition coefficient (Wildman–Crippen LogP) is 4.13. The van der Waals surface area contributed by atoms with Crippen LogP contribution in [-0.2, 0) is 22.7 Å². The monoisotopic (exact) mass is 474 g/mol. The van der Waals surface area contributed by atoms with Crippen LogP contribution >= 0.6 is 0 Å². The quantitative estimate of drug-likeness (QED) is 0.430. The number of ether oxygens (including phenoxy) is 1. The third kappa shape index (κ3) is 8.02. The summed E-state index contributed by atoms with van der Waals surface area (Å²) in [6.45, 7) is 8.14. The summed E-state index contributed by atoms with van der Waals surface area (Å²) in [6, 6.07) is 16.8. The van der Waals surface area contributed by atoms with Crippen LogP contribution in [0.4, 0.5) is 5.69 Å². The number of carbonyl (C=O) groups is 2. The van der Waals surface area contributed by atoms with Crippen molar-refractivity contribution in [2.45, 2.75) is 46.4 Å². The van der Waals surface area contributed by atoms with Gasteiger partial charge < -0.3 is 19.6 Å². The normalized spacial score (nSPS) is 11.1. The van der Waals surface area contributed by atoms with E-state index in [4.69, 9.17) is 9.15 Å². The molecule has 3 aromatic rings. The Labute approximate surface area is 222 Å². The molecule has 0 aliphatic rings. The number of rotatable bonds is 10. The topological polar surface area (TPSA) is 92.0 Å². The van der Waals surface area contributed by atoms with Crippen LogP contribution in [0.5, 0.6) is 5.75 Å². The minimum absolute atomic E-state index is 0. The number of aliphatic carboxylic acids is 1. The van der Waals surface area contributed by atoms with Gasteiger partial charge in [0, 0.05) is 12.2 Å². The Balaban J connectivity index is 0.00000408. The second-order valence-electron chi connectivity index (χ2n) is 8.65. The number of hydrogen-bond acceptors (Lipinski definition) is 5. The summed E-state index contributed by atoms with van der Waals surface area (Å²) < 4.78 is 11.0. The summed E-state index contributed by atoms with van der Waals surface area (Å²) in [5, 5.41) is 12.2. The third-order valence-electron chi connectivity index (χ3n) is 5.20. The molecule has 0 radical (unpaired) electrons. The summed E-state index contributed by atoms with van der Waals surface area (Å²) in [6.07, 6.45) is 1.61. The first-order valence-electron chi connectivity index (χ1n) is 10.8. The number of benzene rings is 2. The minimum atomic E-state index is -1.32. The summed E-state index contributed by atoms with van der Waals surface area (Å²) in [5.41, 5.74) is 2.59. The molecule has 2 aromatic carbocycles. The van der Waals surface area contributed by atoms with Gasteiger partial charge in [0.25, 0.3) is 0 Å². The van der Waals surface area contributed by atoms with Crippen LogP contribution in [0, 0.1) is 13.8 Å². The van der Waals surface area contributed by atoms with Gasteiger partial charge in [-0.25, -0.2) is 4.79 Å². The first-order valence-corrected chi connectivity index (χ1v) is 10.8. The molecule has 0 saturated heterocycles. The Morgan fingerprint density at radius 1 is 1.06 bits per heavy atom. The maximum atomic E-state index is 12.8. The van der Waals surface area contributed by atoms with Crippen molar-refractivity contribution in [2.75, 3.05) is 11.9 Å². The molecule has 0 bridgehead atoms. The van der Waals surface area contributed by atoms with Crippen LogP contribution < -0.4 is 10.1 Å². The van der Waals surface area contributed by atoms with Crippen molar-refractivity contribution >= 4 is 47.1 Å². The van der Waals surface area contributed by atoms with E-state index in [0.717, 1.165) is 28.1 Å². The molecule has 0 saturated carbocycles. The fourth-order valence-corrected chi connectivity index (χ4v) is 3.40. The molecule has 7 nitrogen and oxygen atoms in total. The molecule has 1 aromatic heterocycles. The van der Waals surface area contributed by atoms with Crippen molar-refractivity contribution in [3.05, 3.63) is 83.3 Å². The van der Waals surface area contributed by atoms with Crippen molar-refractivity contribution in [2.24, 2.45) is 0 Å². The number of carboxylic acid groups (broad SMARTS) is 1. The van der Waals surface area contributed by atoms with Crippen molar-refractivity contribution in [3.8, 4) is 5.75 Å². The number of aryl methyl sites for hydroxylation is 2. The average Bonchev–Trinajstić information content (AvgIpc) is 3.24. The number of nitrogens with zero attached hydrogens (tertiary/aromatic N) is 1. The van der Waals surface area contributed by atoms with E-state index >= 15 is 0 Å². The SMILES string of the molecule is Cc1ccc(NC(=O)CN(Cc2ccc(OC(C)(C)C(=O)O)cc2)Cc2ccco2)c(C)c1.[NaH]. The van der Waals surface area contributed by atoms with Crippen molar-refractivity contribution < 1.29 is 23.8 Å². The average molecular weight is 475 g/mol. The number of carbonyl (C=O) groups excluding carboxylic acids is 1. The molecule has 176 valence electrons. The summed E-state index contributed by atoms with van der Waals surface area (Å²) >= 11 is 0. The van der Waals surface area contributed by atoms with Gasteiger partial charge in [-0.3, -0.25) is 9.69 Å². The number of furan rings is 1. The fourth-order valence-electron chi connectivity index (χ4n) is 3.40. The van der Waals surface area contributed by atoms with Gasteiger partial charge in [0.1, 0.15) is 11.5 Å². The van der Waals surface area contributed by atoms with Gasteiger partial charge in [-0.05, 0) is 69.2 Å². The first-order chi connectivity index (χ1) is 15.6. The Kier molecular flexibility index (Phi) is 9.94. The van der Waals surface area contributed by atoms with Gasteiger partial charge in [0.15, 0.2) is 5.60 Å². The van der Waals surface area contributed by atoms with Crippen molar-refractivity contribution in [3.63, 3.8) is 0 Å². The Bertz CT molecular complexity index is 1090. The van der Waals surface area contributed by atoms with E-state index in [0.29, 0.717) is 18.8 Å². The van der Waals surface area contributed by atoms with Crippen LogP contribution in [0.2, 0.25) is 0 Å². The number of nitrogens with one attached hydrogen (secondary N) is 1. The number of carboxylic acids is 1. The van der Waals surface area contributed by atoms with Gasteiger partial charge in [0.2, 0.25) is 5.91 Å². The van der Waals surface area contributed by atoms with E-state index in [1.807, 2.05) is 61.2 Å². The molecule has 0 spiro atoms. The molecule has 0 fully saturated rings. The molecule has 0 aliphatic carbocycles. The van der Waals surface area contributed by atoms with Gasteiger partial charge in [-0.15, -0.1) is 0 Å². The van der Waals surface area contributed by atoms with Crippen LogP contribution in [0.25, 0.3) is 0 Å². The first kappa shape index (κ1) is 27.7. The van der Waals surface area contributed by atoms with Gasteiger partial charge in [-0.1, -0.05) is 29.8 Å². The predicted molar refractivity (Wildman–Crippen MR) is 133 cm³/mol. The standard InChI is InChI=1S/C26H30N2O5.Na.H/c1-18-7-12-23(19(2)14-18)27-24(29)17-28(16-22-6-5-13-32-22)15-20-8-10-21(11-9-20)33-26(3,4)25(30)31;;/h5-14H,15-17H2,1-4H3,(H,27,29)(H,30,31);;. The Morgan fingerprint density at radius 2 is 1.76 bits per heavy atom. The van der Waals surface area contributed by atoms with Gasteiger partial charge >= 0.3 is 35.5 Å². The van der Waals surface area contributed by atoms with E-state index < -0.39 is 11.6 Å². The molecule has 1 amide bonds. The van der Waals surface area contributed by atoms with E-state index in [1.54, 1.807) is 18.4 Å². The molecule has 1 heterocycles. The number of hydrogen-bond donors (Lipinski definition) is 2. The molecule has 0 unspecified atom stereocenters. The molecule has 3 rings (SSSR count). The molecule has 2 N–H and O–H groups in total. The molecule has 8 heteroatoms. The maximum absolute atomic E-state index is 12.8. The molecule has 34 heavy (non-hydrogen) atoms. The Morgan fingerprint density at radius 3 is 2.35 bits per heavy atom. The van der Waals surface area contributed by atoms with E-state index in [1.165, 1.54) is 13.8 Å². The second-order valence-corrected chi connectivity index (χ2v) is 8.65. The van der Waals surface area contributed by atoms with Gasteiger partial charge in [0.05, 0.1) is 19.4 Å². The van der Waals surface area contributed by atoms with Crippen LogP contribution in [0.1, 0.15) is 36.3 Å². The van der Waals surface area contributed by atoms with Gasteiger partial charge in [-0.2, -0.15) is 0 Å². The molecular formula is C26H31N2NaO5. The van der Waals surface area contributed by atoms with Crippen LogP contribution in [0.15, 0.2) is 65.3 Å². The summed E-state index contributed by atoms with van der Waals surface area (Å²) in [7, 11) is 0. The van der Waals surface area contributed by atoms with Crippen LogP contribution in [0.3, 0.4) is 0 Å². The van der Waals surface area contributed by atoms with Crippen molar-refractivity contribution in [1.82, 2.24) is 4.90 Å². The summed E-state index contributed by atoms with van der Waals surface area (Å²) in [5.74, 6) is 0.0801. The zero-order valence-electron chi connectivity index (χ0n) is 19.4. The number of amides is 1. The zero-order valence-corrected chi connectivity index (χ0v) is 19.4. The van der Waals surface area contributed by atoms with E-state index in [9.17, 15) is 14.7 Å². The van der Waals surface area contributed by atoms with E-state index in [2.05, 4.69) is 5.32 Å². The molecule has 0 aliphatic heterocycles. The molecule has 0 atom stereocenters. The number of anilines is 1. The second kappa shape index (κ2) is 12.2. The van der Waals surface area contributed by atoms with Crippen LogP contribution in [-0.4, -0.2) is 63.6 Å². The fraction of sp³-hybridized carbons (Fsp3) is 0.308. The van der Waals surface area contributed by atoms with E-state index in [-0.39, 0.29) is 42.0 Å².